The van der Waals surface area contributed by atoms with Gasteiger partial charge >= 0.3 is 0 Å². The summed E-state index contributed by atoms with van der Waals surface area (Å²) in [5, 5.41) is 2.00. The van der Waals surface area contributed by atoms with Gasteiger partial charge in [0.25, 0.3) is 10.2 Å². The molecule has 0 aliphatic carbocycles. The molecule has 0 saturated carbocycles. The third-order valence-electron chi connectivity index (χ3n) is 3.39. The van der Waals surface area contributed by atoms with Crippen LogP contribution in [0.4, 0.5) is 0 Å². The smallest absolute Gasteiger partial charge is 0.279 e. The Bertz CT molecular complexity index is 473. The number of nitrogens with two attached hydrogens (primary N) is 1. The molecule has 2 rings (SSSR count). The molecule has 1 unspecified atom stereocenters. The SMILES string of the molecule is NCC1CCCCN1S(=O)(=O)NCCc1cccs1. The van der Waals surface area contributed by atoms with Crippen LogP contribution in [0.3, 0.4) is 0 Å². The topological polar surface area (TPSA) is 75.4 Å². The van der Waals surface area contributed by atoms with Crippen molar-refractivity contribution >= 4 is 21.5 Å². The fraction of sp³-hybridized carbons (Fsp3) is 0.667. The van der Waals surface area contributed by atoms with Gasteiger partial charge in [-0.25, -0.2) is 4.72 Å². The van der Waals surface area contributed by atoms with Gasteiger partial charge in [-0.05, 0) is 30.7 Å². The van der Waals surface area contributed by atoms with Crippen LogP contribution in [0, 0.1) is 0 Å². The highest BCUT2D eigenvalue weighted by atomic mass is 32.2. The summed E-state index contributed by atoms with van der Waals surface area (Å²) < 4.78 is 28.7. The Balaban J connectivity index is 1.89. The molecule has 1 aromatic heterocycles. The van der Waals surface area contributed by atoms with E-state index < -0.39 is 10.2 Å². The normalized spacial score (nSPS) is 21.6. The van der Waals surface area contributed by atoms with Crippen molar-refractivity contribution in [3.8, 4) is 0 Å². The van der Waals surface area contributed by atoms with Gasteiger partial charge in [-0.15, -0.1) is 11.3 Å². The Morgan fingerprint density at radius 2 is 2.32 bits per heavy atom. The number of nitrogens with zero attached hydrogens (tertiary/aromatic N) is 1. The standard InChI is InChI=1S/C12H21N3O2S2/c13-10-11-4-1-2-8-15(11)19(16,17)14-7-6-12-5-3-9-18-12/h3,5,9,11,14H,1-2,4,6-8,10,13H2. The molecule has 108 valence electrons. The van der Waals surface area contributed by atoms with Crippen LogP contribution in [0.1, 0.15) is 24.1 Å². The summed E-state index contributed by atoms with van der Waals surface area (Å²) in [6, 6.07) is 3.94. The summed E-state index contributed by atoms with van der Waals surface area (Å²) in [6.45, 7) is 1.42. The second kappa shape index (κ2) is 6.81. The lowest BCUT2D eigenvalue weighted by atomic mass is 10.1. The number of thiophene rings is 1. The van der Waals surface area contributed by atoms with E-state index in [-0.39, 0.29) is 6.04 Å². The highest BCUT2D eigenvalue weighted by molar-refractivity contribution is 7.87. The Morgan fingerprint density at radius 3 is 3.00 bits per heavy atom. The monoisotopic (exact) mass is 303 g/mol. The molecule has 1 fully saturated rings. The van der Waals surface area contributed by atoms with Crippen molar-refractivity contribution in [2.45, 2.75) is 31.7 Å². The van der Waals surface area contributed by atoms with Crippen LogP contribution in [0.15, 0.2) is 17.5 Å². The third-order valence-corrected chi connectivity index (χ3v) is 5.99. The van der Waals surface area contributed by atoms with E-state index in [0.717, 1.165) is 25.7 Å². The van der Waals surface area contributed by atoms with Crippen molar-refractivity contribution in [2.24, 2.45) is 5.73 Å². The maximum absolute atomic E-state index is 12.2. The summed E-state index contributed by atoms with van der Waals surface area (Å²) in [4.78, 5) is 1.19. The Kier molecular flexibility index (Phi) is 5.35. The molecule has 3 N–H and O–H groups in total. The zero-order valence-corrected chi connectivity index (χ0v) is 12.5. The van der Waals surface area contributed by atoms with Gasteiger partial charge in [-0.2, -0.15) is 12.7 Å². The average Bonchev–Trinajstić information content (AvgIpc) is 2.91. The van der Waals surface area contributed by atoms with Gasteiger partial charge in [0.15, 0.2) is 0 Å². The summed E-state index contributed by atoms with van der Waals surface area (Å²) in [5.74, 6) is 0. The first-order valence-corrected chi connectivity index (χ1v) is 8.94. The van der Waals surface area contributed by atoms with E-state index in [2.05, 4.69) is 4.72 Å². The first-order chi connectivity index (χ1) is 9.13. The average molecular weight is 303 g/mol. The largest absolute Gasteiger partial charge is 0.329 e. The predicted octanol–water partition coefficient (Wildman–Crippen LogP) is 0.938. The fourth-order valence-electron chi connectivity index (χ4n) is 2.37. The molecule has 0 spiro atoms. The minimum atomic E-state index is -3.39. The predicted molar refractivity (Wildman–Crippen MR) is 78.3 cm³/mol. The van der Waals surface area contributed by atoms with Crippen molar-refractivity contribution in [3.05, 3.63) is 22.4 Å². The lowest BCUT2D eigenvalue weighted by molar-refractivity contribution is 0.254. The first kappa shape index (κ1) is 14.9. The van der Waals surface area contributed by atoms with Gasteiger partial charge in [-0.3, -0.25) is 0 Å². The zero-order valence-electron chi connectivity index (χ0n) is 10.9. The summed E-state index contributed by atoms with van der Waals surface area (Å²) in [5.41, 5.74) is 5.66. The van der Waals surface area contributed by atoms with E-state index >= 15 is 0 Å². The molecular formula is C12H21N3O2S2. The van der Waals surface area contributed by atoms with Gasteiger partial charge in [0, 0.05) is 30.6 Å². The molecular weight excluding hydrogens is 282 g/mol. The minimum absolute atomic E-state index is 0.0482. The van der Waals surface area contributed by atoms with Crippen molar-refractivity contribution in [3.63, 3.8) is 0 Å². The molecule has 2 heterocycles. The quantitative estimate of drug-likeness (QED) is 0.821. The van der Waals surface area contributed by atoms with Crippen LogP contribution in [0.2, 0.25) is 0 Å². The number of hydrogen-bond acceptors (Lipinski definition) is 4. The number of piperidine rings is 1. The maximum Gasteiger partial charge on any atom is 0.279 e. The molecule has 1 aromatic rings. The van der Waals surface area contributed by atoms with E-state index in [0.29, 0.717) is 19.6 Å². The highest BCUT2D eigenvalue weighted by Crippen LogP contribution is 2.19. The van der Waals surface area contributed by atoms with Crippen molar-refractivity contribution in [1.82, 2.24) is 9.03 Å². The Labute approximate surface area is 119 Å². The Morgan fingerprint density at radius 1 is 1.47 bits per heavy atom. The minimum Gasteiger partial charge on any atom is -0.329 e. The molecule has 1 aliphatic rings. The molecule has 0 radical (unpaired) electrons. The molecule has 0 amide bonds. The molecule has 1 aliphatic heterocycles. The zero-order chi connectivity index (χ0) is 13.7. The lowest BCUT2D eigenvalue weighted by Crippen LogP contribution is -2.51. The fourth-order valence-corrected chi connectivity index (χ4v) is 4.56. The van der Waals surface area contributed by atoms with E-state index in [1.54, 1.807) is 11.3 Å². The molecule has 0 aromatic carbocycles. The van der Waals surface area contributed by atoms with E-state index in [9.17, 15) is 8.42 Å². The van der Waals surface area contributed by atoms with Crippen LogP contribution >= 0.6 is 11.3 Å². The third kappa shape index (κ3) is 4.00. The second-order valence-corrected chi connectivity index (χ2v) is 7.46. The summed E-state index contributed by atoms with van der Waals surface area (Å²) >= 11 is 1.65. The van der Waals surface area contributed by atoms with E-state index in [1.807, 2.05) is 17.5 Å². The van der Waals surface area contributed by atoms with Crippen LogP contribution in [-0.4, -0.2) is 38.4 Å². The highest BCUT2D eigenvalue weighted by Gasteiger charge is 2.30. The first-order valence-electron chi connectivity index (χ1n) is 6.62. The van der Waals surface area contributed by atoms with Crippen molar-refractivity contribution in [1.29, 1.82) is 0 Å². The Hall–Kier alpha value is -0.470. The van der Waals surface area contributed by atoms with Crippen LogP contribution in [-0.2, 0) is 16.6 Å². The number of rotatable bonds is 6. The summed E-state index contributed by atoms with van der Waals surface area (Å²) in [7, 11) is -3.39. The van der Waals surface area contributed by atoms with Crippen LogP contribution < -0.4 is 10.5 Å². The van der Waals surface area contributed by atoms with Gasteiger partial charge in [0.05, 0.1) is 0 Å². The van der Waals surface area contributed by atoms with Gasteiger partial charge < -0.3 is 5.73 Å². The molecule has 19 heavy (non-hydrogen) atoms. The van der Waals surface area contributed by atoms with Gasteiger partial charge in [0.2, 0.25) is 0 Å². The van der Waals surface area contributed by atoms with Crippen molar-refractivity contribution in [2.75, 3.05) is 19.6 Å². The van der Waals surface area contributed by atoms with E-state index in [4.69, 9.17) is 5.73 Å². The molecule has 7 heteroatoms. The molecule has 0 bridgehead atoms. The maximum atomic E-state index is 12.2. The summed E-state index contributed by atoms with van der Waals surface area (Å²) in [6.07, 6.45) is 3.58. The number of nitrogens with one attached hydrogen (secondary N) is 1. The second-order valence-electron chi connectivity index (χ2n) is 4.72. The van der Waals surface area contributed by atoms with Gasteiger partial charge in [-0.1, -0.05) is 12.5 Å². The van der Waals surface area contributed by atoms with Gasteiger partial charge in [0.1, 0.15) is 0 Å². The van der Waals surface area contributed by atoms with Crippen LogP contribution in [0.25, 0.3) is 0 Å². The van der Waals surface area contributed by atoms with E-state index in [1.165, 1.54) is 9.18 Å². The lowest BCUT2D eigenvalue weighted by Gasteiger charge is -2.33. The van der Waals surface area contributed by atoms with Crippen molar-refractivity contribution < 1.29 is 8.42 Å². The number of hydrogen-bond donors (Lipinski definition) is 2. The van der Waals surface area contributed by atoms with Crippen LogP contribution in [0.5, 0.6) is 0 Å². The molecule has 5 nitrogen and oxygen atoms in total. The molecule has 1 saturated heterocycles. The molecule has 1 atom stereocenters.